The van der Waals surface area contributed by atoms with E-state index >= 15 is 0 Å². The predicted octanol–water partition coefficient (Wildman–Crippen LogP) is 3.27. The first-order valence-electron chi connectivity index (χ1n) is 6.81. The van der Waals surface area contributed by atoms with E-state index in [0.717, 1.165) is 32.1 Å². The van der Waals surface area contributed by atoms with E-state index in [4.69, 9.17) is 10.5 Å². The van der Waals surface area contributed by atoms with Crippen molar-refractivity contribution in [1.82, 2.24) is 0 Å². The van der Waals surface area contributed by atoms with Gasteiger partial charge in [-0.05, 0) is 18.9 Å². The Morgan fingerprint density at radius 3 is 2.47 bits per heavy atom. The van der Waals surface area contributed by atoms with Gasteiger partial charge in [-0.1, -0.05) is 25.3 Å². The van der Waals surface area contributed by atoms with Crippen LogP contribution >= 0.6 is 0 Å². The highest BCUT2D eigenvalue weighted by Gasteiger charge is 2.37. The largest absolute Gasteiger partial charge is 0.380 e. The summed E-state index contributed by atoms with van der Waals surface area (Å²) in [6.07, 6.45) is 4.58. The van der Waals surface area contributed by atoms with Crippen LogP contribution in [0.3, 0.4) is 0 Å². The molecule has 0 saturated heterocycles. The van der Waals surface area contributed by atoms with Crippen molar-refractivity contribution < 1.29 is 13.5 Å². The van der Waals surface area contributed by atoms with Crippen LogP contribution in [-0.2, 0) is 16.8 Å². The maximum absolute atomic E-state index is 14.6. The molecular weight excluding hydrogens is 248 g/mol. The molecular formula is C15H21F2NO. The third kappa shape index (κ3) is 2.65. The van der Waals surface area contributed by atoms with E-state index in [1.165, 1.54) is 19.2 Å². The van der Waals surface area contributed by atoms with Gasteiger partial charge in [0.05, 0.1) is 6.61 Å². The Morgan fingerprint density at radius 1 is 1.21 bits per heavy atom. The van der Waals surface area contributed by atoms with Crippen LogP contribution in [-0.4, -0.2) is 13.7 Å². The SMILES string of the molecule is COCc1ccc(F)c(C2(CN)CCCCC2)c1F. The maximum atomic E-state index is 14.6. The Morgan fingerprint density at radius 2 is 1.89 bits per heavy atom. The predicted molar refractivity (Wildman–Crippen MR) is 70.9 cm³/mol. The molecule has 4 heteroatoms. The Hall–Kier alpha value is -1.00. The van der Waals surface area contributed by atoms with Crippen molar-refractivity contribution in [2.75, 3.05) is 13.7 Å². The molecule has 0 heterocycles. The van der Waals surface area contributed by atoms with E-state index < -0.39 is 17.0 Å². The molecule has 2 N–H and O–H groups in total. The van der Waals surface area contributed by atoms with Crippen LogP contribution < -0.4 is 5.73 Å². The lowest BCUT2D eigenvalue weighted by Crippen LogP contribution is -2.39. The highest BCUT2D eigenvalue weighted by atomic mass is 19.1. The number of nitrogens with two attached hydrogens (primary N) is 1. The van der Waals surface area contributed by atoms with E-state index in [-0.39, 0.29) is 18.7 Å². The molecule has 106 valence electrons. The molecule has 19 heavy (non-hydrogen) atoms. The molecule has 1 fully saturated rings. The average Bonchev–Trinajstić information content (AvgIpc) is 2.43. The highest BCUT2D eigenvalue weighted by Crippen LogP contribution is 2.41. The summed E-state index contributed by atoms with van der Waals surface area (Å²) < 4.78 is 33.7. The van der Waals surface area contributed by atoms with Crippen molar-refractivity contribution in [2.24, 2.45) is 5.73 Å². The second kappa shape index (κ2) is 5.97. The zero-order chi connectivity index (χ0) is 13.9. The molecule has 1 aromatic carbocycles. The van der Waals surface area contributed by atoms with Crippen LogP contribution in [0.2, 0.25) is 0 Å². The fraction of sp³-hybridized carbons (Fsp3) is 0.600. The topological polar surface area (TPSA) is 35.2 Å². The standard InChI is InChI=1S/C15H21F2NO/c1-19-9-11-5-6-12(16)13(14(11)17)15(10-18)7-3-2-4-8-15/h5-6H,2-4,7-10,18H2,1H3. The molecule has 0 aliphatic heterocycles. The quantitative estimate of drug-likeness (QED) is 0.910. The van der Waals surface area contributed by atoms with Gasteiger partial charge < -0.3 is 10.5 Å². The van der Waals surface area contributed by atoms with Crippen LogP contribution in [0.4, 0.5) is 8.78 Å². The van der Waals surface area contributed by atoms with Gasteiger partial charge in [-0.3, -0.25) is 0 Å². The lowest BCUT2D eigenvalue weighted by Gasteiger charge is -2.37. The van der Waals surface area contributed by atoms with Gasteiger partial charge in [0.25, 0.3) is 0 Å². The Labute approximate surface area is 112 Å². The van der Waals surface area contributed by atoms with Gasteiger partial charge in [-0.25, -0.2) is 8.78 Å². The molecule has 2 rings (SSSR count). The van der Waals surface area contributed by atoms with E-state index in [1.807, 2.05) is 0 Å². The van der Waals surface area contributed by atoms with Crippen molar-refractivity contribution in [3.05, 3.63) is 34.9 Å². The molecule has 0 radical (unpaired) electrons. The highest BCUT2D eigenvalue weighted by molar-refractivity contribution is 5.34. The molecule has 1 saturated carbocycles. The van der Waals surface area contributed by atoms with E-state index in [9.17, 15) is 8.78 Å². The summed E-state index contributed by atoms with van der Waals surface area (Å²) in [6.45, 7) is 0.442. The molecule has 0 unspecified atom stereocenters. The van der Waals surface area contributed by atoms with Gasteiger partial charge in [0.1, 0.15) is 11.6 Å². The molecule has 1 aliphatic rings. The zero-order valence-electron chi connectivity index (χ0n) is 11.3. The Kier molecular flexibility index (Phi) is 4.53. The van der Waals surface area contributed by atoms with Gasteiger partial charge in [0, 0.05) is 30.2 Å². The van der Waals surface area contributed by atoms with Crippen molar-refractivity contribution in [3.63, 3.8) is 0 Å². The van der Waals surface area contributed by atoms with Gasteiger partial charge in [-0.2, -0.15) is 0 Å². The number of ether oxygens (including phenoxy) is 1. The van der Waals surface area contributed by atoms with Crippen LogP contribution in [0.1, 0.15) is 43.2 Å². The molecule has 1 aliphatic carbocycles. The summed E-state index contributed by atoms with van der Waals surface area (Å²) in [4.78, 5) is 0. The average molecular weight is 269 g/mol. The zero-order valence-corrected chi connectivity index (χ0v) is 11.3. The minimum absolute atomic E-state index is 0.153. The summed E-state index contributed by atoms with van der Waals surface area (Å²) in [5, 5.41) is 0. The Bertz CT molecular complexity index is 442. The summed E-state index contributed by atoms with van der Waals surface area (Å²) in [7, 11) is 1.50. The summed E-state index contributed by atoms with van der Waals surface area (Å²) >= 11 is 0. The van der Waals surface area contributed by atoms with Crippen molar-refractivity contribution in [1.29, 1.82) is 0 Å². The molecule has 0 aromatic heterocycles. The van der Waals surface area contributed by atoms with E-state index in [2.05, 4.69) is 0 Å². The monoisotopic (exact) mass is 269 g/mol. The van der Waals surface area contributed by atoms with Crippen LogP contribution in [0.5, 0.6) is 0 Å². The fourth-order valence-electron chi connectivity index (χ4n) is 3.13. The number of halogens is 2. The van der Waals surface area contributed by atoms with Crippen molar-refractivity contribution >= 4 is 0 Å². The molecule has 0 bridgehead atoms. The Balaban J connectivity index is 2.49. The molecule has 2 nitrogen and oxygen atoms in total. The summed E-state index contributed by atoms with van der Waals surface area (Å²) in [6, 6.07) is 2.78. The normalized spacial score (nSPS) is 18.5. The molecule has 0 spiro atoms. The minimum atomic E-state index is -0.545. The van der Waals surface area contributed by atoms with E-state index in [1.54, 1.807) is 0 Å². The van der Waals surface area contributed by atoms with Crippen molar-refractivity contribution in [3.8, 4) is 0 Å². The van der Waals surface area contributed by atoms with Gasteiger partial charge >= 0.3 is 0 Å². The number of hydrogen-bond acceptors (Lipinski definition) is 2. The number of rotatable bonds is 4. The second-order valence-electron chi connectivity index (χ2n) is 5.37. The first-order valence-corrected chi connectivity index (χ1v) is 6.81. The molecule has 1 aromatic rings. The second-order valence-corrected chi connectivity index (χ2v) is 5.37. The van der Waals surface area contributed by atoms with Crippen molar-refractivity contribution in [2.45, 2.75) is 44.1 Å². The number of methoxy groups -OCH3 is 1. The van der Waals surface area contributed by atoms with Crippen LogP contribution in [0.25, 0.3) is 0 Å². The number of benzene rings is 1. The first-order chi connectivity index (χ1) is 9.14. The maximum Gasteiger partial charge on any atom is 0.135 e. The third-order valence-electron chi connectivity index (χ3n) is 4.20. The van der Waals surface area contributed by atoms with Gasteiger partial charge in [0.15, 0.2) is 0 Å². The molecule has 0 amide bonds. The van der Waals surface area contributed by atoms with Gasteiger partial charge in [-0.15, -0.1) is 0 Å². The lowest BCUT2D eigenvalue weighted by atomic mass is 9.69. The smallest absolute Gasteiger partial charge is 0.135 e. The first kappa shape index (κ1) is 14.4. The van der Waals surface area contributed by atoms with Gasteiger partial charge in [0.2, 0.25) is 0 Å². The third-order valence-corrected chi connectivity index (χ3v) is 4.20. The minimum Gasteiger partial charge on any atom is -0.380 e. The summed E-state index contributed by atoms with van der Waals surface area (Å²) in [5.74, 6) is -0.959. The van der Waals surface area contributed by atoms with Crippen LogP contribution in [0.15, 0.2) is 12.1 Å². The summed E-state index contributed by atoms with van der Waals surface area (Å²) in [5.41, 5.74) is 5.89. The molecule has 0 atom stereocenters. The van der Waals surface area contributed by atoms with Crippen LogP contribution in [0, 0.1) is 11.6 Å². The van der Waals surface area contributed by atoms with E-state index in [0.29, 0.717) is 5.56 Å². The lowest BCUT2D eigenvalue weighted by molar-refractivity contribution is 0.180. The fourth-order valence-corrected chi connectivity index (χ4v) is 3.13. The number of hydrogen-bond donors (Lipinski definition) is 1.